The number of hydrogen-bond acceptors (Lipinski definition) is 1. The van der Waals surface area contributed by atoms with Crippen molar-refractivity contribution in [2.24, 2.45) is 0 Å². The van der Waals surface area contributed by atoms with Gasteiger partial charge in [-0.3, -0.25) is 0 Å². The Morgan fingerprint density at radius 1 is 1.31 bits per heavy atom. The first-order valence-corrected chi connectivity index (χ1v) is 5.12. The van der Waals surface area contributed by atoms with E-state index in [2.05, 4.69) is 31.9 Å². The first-order chi connectivity index (χ1) is 6.07. The number of rotatable bonds is 2. The summed E-state index contributed by atoms with van der Waals surface area (Å²) in [6, 6.07) is 1.26. The van der Waals surface area contributed by atoms with E-state index in [0.717, 1.165) is 0 Å². The van der Waals surface area contributed by atoms with Crippen molar-refractivity contribution < 1.29 is 13.5 Å². The second-order valence-electron chi connectivity index (χ2n) is 2.23. The molecule has 0 heterocycles. The van der Waals surface area contributed by atoms with Crippen LogP contribution in [0.4, 0.5) is 8.78 Å². The minimum atomic E-state index is -0.720. The minimum absolute atomic E-state index is 0.0302. The van der Waals surface area contributed by atoms with Gasteiger partial charge in [0.2, 0.25) is 0 Å². The Morgan fingerprint density at radius 2 is 1.92 bits per heavy atom. The molecule has 1 rings (SSSR count). The van der Waals surface area contributed by atoms with Crippen molar-refractivity contribution in [1.29, 1.82) is 0 Å². The molecule has 0 N–H and O–H groups in total. The molecule has 0 amide bonds. The van der Waals surface area contributed by atoms with Crippen LogP contribution in [0, 0.1) is 11.6 Å². The molecule has 72 valence electrons. The van der Waals surface area contributed by atoms with Gasteiger partial charge in [0, 0.05) is 6.07 Å². The van der Waals surface area contributed by atoms with Crippen molar-refractivity contribution in [3.8, 4) is 5.75 Å². The van der Waals surface area contributed by atoms with Gasteiger partial charge in [0.25, 0.3) is 0 Å². The highest BCUT2D eigenvalue weighted by Gasteiger charge is 2.15. The fourth-order valence-electron chi connectivity index (χ4n) is 0.812. The van der Waals surface area contributed by atoms with E-state index in [1.807, 2.05) is 0 Å². The Hall–Kier alpha value is -0.160. The first kappa shape index (κ1) is 10.9. The van der Waals surface area contributed by atoms with Crippen LogP contribution in [0.2, 0.25) is 0 Å². The van der Waals surface area contributed by atoms with Gasteiger partial charge in [0.05, 0.1) is 15.6 Å². The number of ether oxygens (including phenoxy) is 1. The molecule has 0 spiro atoms. The summed E-state index contributed by atoms with van der Waals surface area (Å²) >= 11 is 5.74. The second kappa shape index (κ2) is 4.37. The van der Waals surface area contributed by atoms with Gasteiger partial charge in [0.15, 0.2) is 17.4 Å². The number of halogens is 4. The lowest BCUT2D eigenvalue weighted by Crippen LogP contribution is -1.97. The smallest absolute Gasteiger partial charge is 0.182 e. The second-order valence-corrected chi connectivity index (χ2v) is 3.88. The van der Waals surface area contributed by atoms with Crippen molar-refractivity contribution in [2.75, 3.05) is 6.61 Å². The van der Waals surface area contributed by atoms with Crippen molar-refractivity contribution in [3.63, 3.8) is 0 Å². The van der Waals surface area contributed by atoms with Crippen LogP contribution in [0.5, 0.6) is 5.75 Å². The Morgan fingerprint density at radius 3 is 2.46 bits per heavy atom. The third-order valence-electron chi connectivity index (χ3n) is 1.37. The standard InChI is InChI=1S/C8H6Br2F2O/c1-2-13-5-3-4(9)7(11)6(10)8(5)12/h3H,2H2,1H3. The molecule has 0 unspecified atom stereocenters. The molecule has 1 aromatic carbocycles. The Kier molecular flexibility index (Phi) is 3.67. The van der Waals surface area contributed by atoms with Crippen molar-refractivity contribution in [2.45, 2.75) is 6.92 Å². The Labute approximate surface area is 91.3 Å². The summed E-state index contributed by atoms with van der Waals surface area (Å²) in [6.07, 6.45) is 0. The molecule has 0 atom stereocenters. The van der Waals surface area contributed by atoms with E-state index < -0.39 is 11.6 Å². The molecule has 0 aliphatic rings. The summed E-state index contributed by atoms with van der Waals surface area (Å²) in [5, 5.41) is 0. The molecular weight excluding hydrogens is 310 g/mol. The van der Waals surface area contributed by atoms with Gasteiger partial charge < -0.3 is 4.74 Å². The van der Waals surface area contributed by atoms with Gasteiger partial charge in [-0.2, -0.15) is 0 Å². The van der Waals surface area contributed by atoms with Gasteiger partial charge in [-0.25, -0.2) is 8.78 Å². The summed E-state index contributed by atoms with van der Waals surface area (Å²) in [7, 11) is 0. The summed E-state index contributed by atoms with van der Waals surface area (Å²) in [4.78, 5) is 0. The molecule has 0 aliphatic carbocycles. The zero-order valence-electron chi connectivity index (χ0n) is 6.70. The minimum Gasteiger partial charge on any atom is -0.491 e. The maximum Gasteiger partial charge on any atom is 0.182 e. The zero-order chi connectivity index (χ0) is 10.0. The summed E-state index contributed by atoms with van der Waals surface area (Å²) in [5.41, 5.74) is 0. The fraction of sp³-hybridized carbons (Fsp3) is 0.250. The summed E-state index contributed by atoms with van der Waals surface area (Å²) in [6.45, 7) is 2.06. The monoisotopic (exact) mass is 314 g/mol. The predicted molar refractivity (Wildman–Crippen MR) is 52.9 cm³/mol. The van der Waals surface area contributed by atoms with E-state index in [-0.39, 0.29) is 14.7 Å². The summed E-state index contributed by atoms with van der Waals surface area (Å²) < 4.78 is 31.1. The average Bonchev–Trinajstić information content (AvgIpc) is 2.11. The Bertz CT molecular complexity index is 328. The maximum atomic E-state index is 13.2. The van der Waals surface area contributed by atoms with Crippen molar-refractivity contribution in [3.05, 3.63) is 26.6 Å². The predicted octanol–water partition coefficient (Wildman–Crippen LogP) is 3.89. The lowest BCUT2D eigenvalue weighted by molar-refractivity contribution is 0.319. The van der Waals surface area contributed by atoms with Gasteiger partial charge >= 0.3 is 0 Å². The van der Waals surface area contributed by atoms with Gasteiger partial charge in [-0.15, -0.1) is 0 Å². The SMILES string of the molecule is CCOc1cc(Br)c(F)c(Br)c1F. The summed E-state index contributed by atoms with van der Waals surface area (Å²) in [5.74, 6) is -1.36. The molecule has 0 saturated heterocycles. The van der Waals surface area contributed by atoms with E-state index in [9.17, 15) is 8.78 Å². The van der Waals surface area contributed by atoms with Crippen LogP contribution < -0.4 is 4.74 Å². The zero-order valence-corrected chi connectivity index (χ0v) is 9.88. The van der Waals surface area contributed by atoms with Crippen LogP contribution in [-0.4, -0.2) is 6.61 Å². The largest absolute Gasteiger partial charge is 0.491 e. The third kappa shape index (κ3) is 2.20. The molecule has 0 fully saturated rings. The van der Waals surface area contributed by atoms with E-state index in [1.54, 1.807) is 6.92 Å². The van der Waals surface area contributed by atoms with Gasteiger partial charge in [-0.05, 0) is 38.8 Å². The van der Waals surface area contributed by atoms with Crippen LogP contribution in [0.1, 0.15) is 6.92 Å². The molecule has 0 aliphatic heterocycles. The lowest BCUT2D eigenvalue weighted by atomic mass is 10.3. The molecule has 0 bridgehead atoms. The number of benzene rings is 1. The van der Waals surface area contributed by atoms with Crippen LogP contribution in [0.25, 0.3) is 0 Å². The lowest BCUT2D eigenvalue weighted by Gasteiger charge is -2.07. The van der Waals surface area contributed by atoms with Crippen LogP contribution in [-0.2, 0) is 0 Å². The maximum absolute atomic E-state index is 13.2. The molecule has 5 heteroatoms. The number of hydrogen-bond donors (Lipinski definition) is 0. The van der Waals surface area contributed by atoms with Crippen LogP contribution >= 0.6 is 31.9 Å². The average molecular weight is 316 g/mol. The highest BCUT2D eigenvalue weighted by molar-refractivity contribution is 9.11. The van der Waals surface area contributed by atoms with Gasteiger partial charge in [-0.1, -0.05) is 0 Å². The molecule has 0 saturated carbocycles. The normalized spacial score (nSPS) is 10.2. The highest BCUT2D eigenvalue weighted by atomic mass is 79.9. The van der Waals surface area contributed by atoms with Crippen molar-refractivity contribution >= 4 is 31.9 Å². The van der Waals surface area contributed by atoms with E-state index >= 15 is 0 Å². The highest BCUT2D eigenvalue weighted by Crippen LogP contribution is 2.33. The van der Waals surface area contributed by atoms with E-state index in [4.69, 9.17) is 4.74 Å². The fourth-order valence-corrected chi connectivity index (χ4v) is 1.89. The topological polar surface area (TPSA) is 9.23 Å². The third-order valence-corrected chi connectivity index (χ3v) is 2.64. The molecule has 1 nitrogen and oxygen atoms in total. The molecule has 13 heavy (non-hydrogen) atoms. The van der Waals surface area contributed by atoms with E-state index in [0.29, 0.717) is 6.61 Å². The first-order valence-electron chi connectivity index (χ1n) is 3.53. The van der Waals surface area contributed by atoms with Crippen LogP contribution in [0.15, 0.2) is 15.0 Å². The molecule has 0 radical (unpaired) electrons. The molecular formula is C8H6Br2F2O. The quantitative estimate of drug-likeness (QED) is 0.594. The van der Waals surface area contributed by atoms with Gasteiger partial charge in [0.1, 0.15) is 0 Å². The van der Waals surface area contributed by atoms with Crippen molar-refractivity contribution in [1.82, 2.24) is 0 Å². The van der Waals surface area contributed by atoms with Crippen LogP contribution in [0.3, 0.4) is 0 Å². The molecule has 0 aromatic heterocycles. The molecule has 1 aromatic rings. The van der Waals surface area contributed by atoms with E-state index in [1.165, 1.54) is 6.07 Å². The Balaban J connectivity index is 3.24.